The number of carbonyl (C=O) groups is 3. The fourth-order valence-electron chi connectivity index (χ4n) is 2.70. The first kappa shape index (κ1) is 15.9. The van der Waals surface area contributed by atoms with Crippen molar-refractivity contribution in [3.63, 3.8) is 0 Å². The van der Waals surface area contributed by atoms with Gasteiger partial charge in [0.2, 0.25) is 11.8 Å². The molecule has 124 valence electrons. The van der Waals surface area contributed by atoms with Crippen molar-refractivity contribution in [1.29, 1.82) is 0 Å². The van der Waals surface area contributed by atoms with E-state index < -0.39 is 17.6 Å². The number of rotatable bonds is 3. The van der Waals surface area contributed by atoms with Crippen LogP contribution in [0.5, 0.6) is 5.75 Å². The van der Waals surface area contributed by atoms with Gasteiger partial charge in [-0.1, -0.05) is 0 Å². The maximum atomic E-state index is 12.2. The van der Waals surface area contributed by atoms with Gasteiger partial charge in [-0.2, -0.15) is 0 Å². The summed E-state index contributed by atoms with van der Waals surface area (Å²) in [5.74, 6) is -1.32. The third kappa shape index (κ3) is 2.80. The van der Waals surface area contributed by atoms with Gasteiger partial charge < -0.3 is 9.15 Å². The second-order valence-corrected chi connectivity index (χ2v) is 5.66. The molecule has 0 N–H and O–H groups in total. The van der Waals surface area contributed by atoms with Gasteiger partial charge in [-0.25, -0.2) is 9.59 Å². The number of hydrogen-bond donors (Lipinski definition) is 0. The number of carbonyl (C=O) groups excluding carboxylic acids is 3. The number of likely N-dealkylation sites (tertiary alicyclic amines) is 1. The normalized spacial score (nSPS) is 15.8. The van der Waals surface area contributed by atoms with Crippen LogP contribution in [0, 0.1) is 6.92 Å². The molecule has 1 fully saturated rings. The van der Waals surface area contributed by atoms with Gasteiger partial charge in [-0.15, -0.1) is 0 Å². The Morgan fingerprint density at radius 1 is 1.17 bits per heavy atom. The summed E-state index contributed by atoms with van der Waals surface area (Å²) in [4.78, 5) is 47.9. The molecule has 1 aliphatic rings. The molecule has 1 aromatic heterocycles. The minimum absolute atomic E-state index is 0.108. The number of aryl methyl sites for hydroxylation is 1. The van der Waals surface area contributed by atoms with E-state index in [9.17, 15) is 19.2 Å². The molecular weight excluding hydrogens is 314 g/mol. The van der Waals surface area contributed by atoms with Crippen LogP contribution >= 0.6 is 0 Å². The van der Waals surface area contributed by atoms with E-state index in [0.29, 0.717) is 5.58 Å². The van der Waals surface area contributed by atoms with Gasteiger partial charge in [-0.3, -0.25) is 14.5 Å². The third-order valence-electron chi connectivity index (χ3n) is 3.96. The Morgan fingerprint density at radius 3 is 2.50 bits per heavy atom. The van der Waals surface area contributed by atoms with E-state index in [4.69, 9.17) is 9.15 Å². The molecule has 1 saturated heterocycles. The van der Waals surface area contributed by atoms with Crippen molar-refractivity contribution in [3.8, 4) is 5.75 Å². The molecule has 1 atom stereocenters. The predicted molar refractivity (Wildman–Crippen MR) is 83.4 cm³/mol. The molecule has 7 heteroatoms. The Hall–Kier alpha value is -2.96. The zero-order valence-electron chi connectivity index (χ0n) is 13.2. The van der Waals surface area contributed by atoms with Crippen molar-refractivity contribution >= 4 is 28.8 Å². The number of imide groups is 1. The Morgan fingerprint density at radius 2 is 1.83 bits per heavy atom. The average Bonchev–Trinajstić information content (AvgIpc) is 2.85. The minimum atomic E-state index is -1.01. The van der Waals surface area contributed by atoms with Gasteiger partial charge >= 0.3 is 11.6 Å². The Bertz CT molecular complexity index is 897. The Kier molecular flexibility index (Phi) is 3.92. The van der Waals surface area contributed by atoms with E-state index in [1.54, 1.807) is 19.1 Å². The van der Waals surface area contributed by atoms with Gasteiger partial charge in [0.1, 0.15) is 17.4 Å². The number of ether oxygens (including phenoxy) is 1. The van der Waals surface area contributed by atoms with Crippen LogP contribution in [0.2, 0.25) is 0 Å². The second kappa shape index (κ2) is 5.92. The lowest BCUT2D eigenvalue weighted by atomic mass is 10.1. The quantitative estimate of drug-likeness (QED) is 0.367. The molecule has 24 heavy (non-hydrogen) atoms. The summed E-state index contributed by atoms with van der Waals surface area (Å²) in [6.07, 6.45) is 0.216. The number of amides is 2. The second-order valence-electron chi connectivity index (χ2n) is 5.66. The molecule has 1 aliphatic heterocycles. The van der Waals surface area contributed by atoms with Crippen molar-refractivity contribution < 1.29 is 23.5 Å². The van der Waals surface area contributed by atoms with E-state index in [1.807, 2.05) is 0 Å². The molecule has 0 bridgehead atoms. The maximum Gasteiger partial charge on any atom is 0.336 e. The maximum absolute atomic E-state index is 12.2. The SMILES string of the molecule is Cc1cc(=O)oc2cc(OC(=O)C(C)N3C(=O)CCC3=O)ccc12. The molecule has 2 heterocycles. The van der Waals surface area contributed by atoms with Gasteiger partial charge in [0.05, 0.1) is 0 Å². The molecule has 0 saturated carbocycles. The van der Waals surface area contributed by atoms with E-state index >= 15 is 0 Å². The predicted octanol–water partition coefficient (Wildman–Crippen LogP) is 1.54. The summed E-state index contributed by atoms with van der Waals surface area (Å²) in [7, 11) is 0. The number of esters is 1. The van der Waals surface area contributed by atoms with E-state index in [2.05, 4.69) is 0 Å². The van der Waals surface area contributed by atoms with Gasteiger partial charge in [0, 0.05) is 30.4 Å². The van der Waals surface area contributed by atoms with E-state index in [0.717, 1.165) is 15.8 Å². The molecule has 1 aromatic carbocycles. The zero-order chi connectivity index (χ0) is 17.4. The zero-order valence-corrected chi connectivity index (χ0v) is 13.2. The highest BCUT2D eigenvalue weighted by Crippen LogP contribution is 2.23. The monoisotopic (exact) mass is 329 g/mol. The smallest absolute Gasteiger partial charge is 0.336 e. The van der Waals surface area contributed by atoms with Crippen molar-refractivity contribution in [2.24, 2.45) is 0 Å². The average molecular weight is 329 g/mol. The summed E-state index contributed by atoms with van der Waals surface area (Å²) in [6.45, 7) is 3.21. The number of benzene rings is 1. The van der Waals surface area contributed by atoms with Crippen molar-refractivity contribution in [1.82, 2.24) is 4.90 Å². The standard InChI is InChI=1S/C17H15NO6/c1-9-7-16(21)24-13-8-11(3-4-12(9)13)23-17(22)10(2)18-14(19)5-6-15(18)20/h3-4,7-8,10H,5-6H2,1-2H3. The minimum Gasteiger partial charge on any atom is -0.425 e. The molecule has 3 rings (SSSR count). The lowest BCUT2D eigenvalue weighted by Crippen LogP contribution is -2.44. The third-order valence-corrected chi connectivity index (χ3v) is 3.96. The van der Waals surface area contributed by atoms with E-state index in [-0.39, 0.29) is 30.4 Å². The van der Waals surface area contributed by atoms with Crippen LogP contribution in [0.4, 0.5) is 0 Å². The highest BCUT2D eigenvalue weighted by molar-refractivity contribution is 6.05. The van der Waals surface area contributed by atoms with Gasteiger partial charge in [0.25, 0.3) is 0 Å². The summed E-state index contributed by atoms with van der Waals surface area (Å²) < 4.78 is 10.3. The van der Waals surface area contributed by atoms with Gasteiger partial charge in [0.15, 0.2) is 0 Å². The number of hydrogen-bond acceptors (Lipinski definition) is 6. The topological polar surface area (TPSA) is 93.9 Å². The molecule has 0 radical (unpaired) electrons. The van der Waals surface area contributed by atoms with Crippen molar-refractivity contribution in [2.75, 3.05) is 0 Å². The summed E-state index contributed by atoms with van der Waals surface area (Å²) in [5, 5.41) is 0.729. The van der Waals surface area contributed by atoms with Crippen LogP contribution in [0.1, 0.15) is 25.3 Å². The fourth-order valence-corrected chi connectivity index (χ4v) is 2.70. The number of fused-ring (bicyclic) bond motifs is 1. The van der Waals surface area contributed by atoms with Crippen LogP contribution in [0.25, 0.3) is 11.0 Å². The highest BCUT2D eigenvalue weighted by atomic mass is 16.5. The van der Waals surface area contributed by atoms with Crippen molar-refractivity contribution in [2.45, 2.75) is 32.7 Å². The first-order valence-corrected chi connectivity index (χ1v) is 7.48. The van der Waals surface area contributed by atoms with Gasteiger partial charge in [-0.05, 0) is 31.5 Å². The molecule has 2 aromatic rings. The number of nitrogens with zero attached hydrogens (tertiary/aromatic N) is 1. The van der Waals surface area contributed by atoms with Crippen LogP contribution in [0.15, 0.2) is 33.5 Å². The fraction of sp³-hybridized carbons (Fsp3) is 0.294. The lowest BCUT2D eigenvalue weighted by Gasteiger charge is -2.20. The van der Waals surface area contributed by atoms with Crippen LogP contribution in [-0.2, 0) is 14.4 Å². The first-order chi connectivity index (χ1) is 11.4. The molecule has 2 amide bonds. The highest BCUT2D eigenvalue weighted by Gasteiger charge is 2.37. The molecular formula is C17H15NO6. The summed E-state index contributed by atoms with van der Waals surface area (Å²) >= 11 is 0. The van der Waals surface area contributed by atoms with Crippen LogP contribution in [-0.4, -0.2) is 28.7 Å². The Balaban J connectivity index is 1.84. The first-order valence-electron chi connectivity index (χ1n) is 7.48. The van der Waals surface area contributed by atoms with E-state index in [1.165, 1.54) is 19.1 Å². The summed E-state index contributed by atoms with van der Waals surface area (Å²) in [5.41, 5.74) is 0.553. The molecule has 0 aliphatic carbocycles. The molecule has 1 unspecified atom stereocenters. The lowest BCUT2D eigenvalue weighted by molar-refractivity contribution is -0.151. The molecule has 7 nitrogen and oxygen atoms in total. The summed E-state index contributed by atoms with van der Waals surface area (Å²) in [6, 6.07) is 5.04. The largest absolute Gasteiger partial charge is 0.425 e. The van der Waals surface area contributed by atoms with Crippen LogP contribution < -0.4 is 10.4 Å². The Labute approximate surface area is 136 Å². The van der Waals surface area contributed by atoms with Crippen molar-refractivity contribution in [3.05, 3.63) is 40.2 Å². The molecule has 0 spiro atoms. The van der Waals surface area contributed by atoms with Crippen LogP contribution in [0.3, 0.4) is 0 Å².